The Morgan fingerprint density at radius 2 is 1.55 bits per heavy atom. The SMILES string of the molecule is CO[C@@H]1CO[C@H]2[C@@H]1OC[C@H]2Oc1cc2nc(-c3ccc(-c4ccc(N=S(C)(C)=O)cc4)cc3)c(F)cc2[nH]1. The minimum absolute atomic E-state index is 0.104. The van der Waals surface area contributed by atoms with Gasteiger partial charge in [-0.05, 0) is 23.3 Å². The lowest BCUT2D eigenvalue weighted by Gasteiger charge is -2.16. The summed E-state index contributed by atoms with van der Waals surface area (Å²) in [6.45, 7) is 0.855. The molecule has 10 heteroatoms. The maximum absolute atomic E-state index is 15.1. The van der Waals surface area contributed by atoms with Gasteiger partial charge in [-0.25, -0.2) is 13.6 Å². The molecule has 2 aliphatic rings. The number of nitrogens with zero attached hydrogens (tertiary/aromatic N) is 2. The predicted octanol–water partition coefficient (Wildman–Crippen LogP) is 4.96. The summed E-state index contributed by atoms with van der Waals surface area (Å²) in [6.07, 6.45) is 2.45. The molecule has 0 aliphatic carbocycles. The monoisotopic (exact) mass is 537 g/mol. The number of pyridine rings is 1. The van der Waals surface area contributed by atoms with Crippen LogP contribution >= 0.6 is 0 Å². The molecule has 198 valence electrons. The van der Waals surface area contributed by atoms with Crippen molar-refractivity contribution in [3.63, 3.8) is 0 Å². The average Bonchev–Trinajstić information content (AvgIpc) is 3.59. The van der Waals surface area contributed by atoms with Gasteiger partial charge >= 0.3 is 0 Å². The summed E-state index contributed by atoms with van der Waals surface area (Å²) in [5, 5.41) is 0. The summed E-state index contributed by atoms with van der Waals surface area (Å²) >= 11 is 0. The van der Waals surface area contributed by atoms with Crippen molar-refractivity contribution in [2.75, 3.05) is 32.8 Å². The third kappa shape index (κ3) is 4.92. The van der Waals surface area contributed by atoms with E-state index in [0.29, 0.717) is 41.4 Å². The molecule has 4 aromatic rings. The number of H-pyrrole nitrogens is 1. The van der Waals surface area contributed by atoms with Crippen molar-refractivity contribution in [2.24, 2.45) is 4.36 Å². The lowest BCUT2D eigenvalue weighted by Crippen LogP contribution is -2.35. The third-order valence-corrected chi connectivity index (χ3v) is 7.41. The first-order chi connectivity index (χ1) is 18.3. The zero-order valence-electron chi connectivity index (χ0n) is 21.2. The molecule has 1 N–H and O–H groups in total. The molecule has 0 radical (unpaired) electrons. The Bertz CT molecular complexity index is 1590. The van der Waals surface area contributed by atoms with Gasteiger partial charge in [-0.3, -0.25) is 0 Å². The molecule has 2 saturated heterocycles. The van der Waals surface area contributed by atoms with Crippen LogP contribution in [0.4, 0.5) is 10.1 Å². The molecule has 2 fully saturated rings. The Morgan fingerprint density at radius 1 is 0.947 bits per heavy atom. The second-order valence-corrected chi connectivity index (χ2v) is 12.4. The van der Waals surface area contributed by atoms with Crippen molar-refractivity contribution in [1.82, 2.24) is 9.97 Å². The second-order valence-electron chi connectivity index (χ2n) is 9.81. The molecule has 0 saturated carbocycles. The molecule has 0 amide bonds. The Labute approximate surface area is 220 Å². The summed E-state index contributed by atoms with van der Waals surface area (Å²) in [4.78, 5) is 7.68. The number of methoxy groups -OCH3 is 1. The Balaban J connectivity index is 1.21. The molecule has 6 rings (SSSR count). The van der Waals surface area contributed by atoms with Gasteiger partial charge in [0.1, 0.15) is 24.0 Å². The van der Waals surface area contributed by atoms with E-state index < -0.39 is 15.5 Å². The minimum Gasteiger partial charge on any atom is -0.470 e. The highest BCUT2D eigenvalue weighted by Crippen LogP contribution is 2.33. The number of hydrogen-bond acceptors (Lipinski definition) is 7. The van der Waals surface area contributed by atoms with Crippen molar-refractivity contribution in [1.29, 1.82) is 0 Å². The van der Waals surface area contributed by atoms with E-state index in [9.17, 15) is 4.21 Å². The van der Waals surface area contributed by atoms with Crippen LogP contribution < -0.4 is 4.74 Å². The summed E-state index contributed by atoms with van der Waals surface area (Å²) in [5.74, 6) is 0.0499. The van der Waals surface area contributed by atoms with E-state index in [1.165, 1.54) is 6.07 Å². The predicted molar refractivity (Wildman–Crippen MR) is 144 cm³/mol. The van der Waals surface area contributed by atoms with Crippen LogP contribution in [0.3, 0.4) is 0 Å². The second kappa shape index (κ2) is 9.77. The normalized spacial score (nSPS) is 23.1. The van der Waals surface area contributed by atoms with E-state index in [1.54, 1.807) is 25.7 Å². The first-order valence-electron chi connectivity index (χ1n) is 12.3. The molecule has 2 aromatic heterocycles. The molecule has 4 heterocycles. The first-order valence-corrected chi connectivity index (χ1v) is 14.6. The van der Waals surface area contributed by atoms with E-state index in [-0.39, 0.29) is 30.1 Å². The number of rotatable bonds is 6. The van der Waals surface area contributed by atoms with E-state index in [4.69, 9.17) is 18.9 Å². The van der Waals surface area contributed by atoms with Gasteiger partial charge in [0.05, 0.1) is 29.9 Å². The Kier molecular flexibility index (Phi) is 6.43. The zero-order valence-corrected chi connectivity index (χ0v) is 22.0. The Hall–Kier alpha value is -3.31. The van der Waals surface area contributed by atoms with Gasteiger partial charge in [-0.2, -0.15) is 4.36 Å². The van der Waals surface area contributed by atoms with Crippen molar-refractivity contribution < 1.29 is 27.5 Å². The topological polar surface area (TPSA) is 95.0 Å². The largest absolute Gasteiger partial charge is 0.470 e. The van der Waals surface area contributed by atoms with Crippen molar-refractivity contribution >= 4 is 26.4 Å². The fourth-order valence-electron chi connectivity index (χ4n) is 4.96. The zero-order chi connectivity index (χ0) is 26.4. The third-order valence-electron chi connectivity index (χ3n) is 6.76. The summed E-state index contributed by atoms with van der Waals surface area (Å²) in [6, 6.07) is 18.3. The summed E-state index contributed by atoms with van der Waals surface area (Å²) in [5.41, 5.74) is 4.68. The van der Waals surface area contributed by atoms with Crippen molar-refractivity contribution in [3.05, 3.63) is 66.5 Å². The lowest BCUT2D eigenvalue weighted by atomic mass is 10.0. The number of ether oxygens (including phenoxy) is 4. The van der Waals surface area contributed by atoms with Crippen LogP contribution in [0.1, 0.15) is 0 Å². The molecule has 0 bridgehead atoms. The van der Waals surface area contributed by atoms with Crippen LogP contribution in [0.2, 0.25) is 0 Å². The van der Waals surface area contributed by atoms with Gasteiger partial charge in [-0.15, -0.1) is 0 Å². The highest BCUT2D eigenvalue weighted by atomic mass is 32.2. The fraction of sp³-hybridized carbons (Fsp3) is 0.321. The van der Waals surface area contributed by atoms with Gasteiger partial charge in [0.25, 0.3) is 0 Å². The molecule has 8 nitrogen and oxygen atoms in total. The quantitative estimate of drug-likeness (QED) is 0.374. The molecule has 0 unspecified atom stereocenters. The number of halogens is 1. The molecule has 2 aliphatic heterocycles. The number of aromatic nitrogens is 2. The maximum Gasteiger partial charge on any atom is 0.193 e. The van der Waals surface area contributed by atoms with E-state index in [2.05, 4.69) is 14.3 Å². The number of hydrogen-bond donors (Lipinski definition) is 1. The standard InChI is InChI=1S/C28H28FN3O5S/c1-34-23-14-35-28-24(15-36-27(23)28)37-25-13-22-21(30-25)12-20(29)26(31-22)18-6-4-16(5-7-18)17-8-10-19(11-9-17)32-38(2,3)33/h4-13,23-24,27-28,30H,14-15H2,1-3H3/t23-,24-,27-,28-/m1/s1. The van der Waals surface area contributed by atoms with E-state index in [0.717, 1.165) is 11.1 Å². The van der Waals surface area contributed by atoms with Crippen LogP contribution in [0.25, 0.3) is 33.4 Å². The molecular formula is C28H28FN3O5S. The van der Waals surface area contributed by atoms with Gasteiger partial charge < -0.3 is 23.9 Å². The van der Waals surface area contributed by atoms with Gasteiger partial charge in [0.15, 0.2) is 17.8 Å². The summed E-state index contributed by atoms with van der Waals surface area (Å²) in [7, 11) is -0.573. The number of aromatic amines is 1. The van der Waals surface area contributed by atoms with Crippen LogP contribution in [-0.4, -0.2) is 71.4 Å². The van der Waals surface area contributed by atoms with Crippen molar-refractivity contribution in [3.8, 4) is 28.3 Å². The van der Waals surface area contributed by atoms with Crippen LogP contribution in [0, 0.1) is 5.82 Å². The highest BCUT2D eigenvalue weighted by Gasteiger charge is 2.49. The van der Waals surface area contributed by atoms with Gasteiger partial charge in [0, 0.05) is 47.0 Å². The van der Waals surface area contributed by atoms with E-state index in [1.807, 2.05) is 48.5 Å². The number of benzene rings is 2. The maximum atomic E-state index is 15.1. The van der Waals surface area contributed by atoms with Crippen LogP contribution in [0.15, 0.2) is 65.0 Å². The molecule has 2 aromatic carbocycles. The lowest BCUT2D eigenvalue weighted by molar-refractivity contribution is -0.0141. The van der Waals surface area contributed by atoms with E-state index >= 15 is 4.39 Å². The molecule has 4 atom stereocenters. The molecular weight excluding hydrogens is 509 g/mol. The fourth-order valence-corrected chi connectivity index (χ4v) is 5.59. The number of fused-ring (bicyclic) bond motifs is 2. The number of nitrogens with one attached hydrogen (secondary N) is 1. The van der Waals surface area contributed by atoms with Gasteiger partial charge in [0.2, 0.25) is 0 Å². The smallest absolute Gasteiger partial charge is 0.193 e. The van der Waals surface area contributed by atoms with Crippen molar-refractivity contribution in [2.45, 2.75) is 24.4 Å². The Morgan fingerprint density at radius 3 is 2.21 bits per heavy atom. The van der Waals surface area contributed by atoms with Crippen LogP contribution in [0.5, 0.6) is 5.88 Å². The van der Waals surface area contributed by atoms with Gasteiger partial charge in [-0.1, -0.05) is 36.4 Å². The van der Waals surface area contributed by atoms with Crippen LogP contribution in [-0.2, 0) is 23.9 Å². The highest BCUT2D eigenvalue weighted by molar-refractivity contribution is 7.92. The molecule has 38 heavy (non-hydrogen) atoms. The minimum atomic E-state index is -2.22. The first kappa shape index (κ1) is 25.0. The average molecular weight is 538 g/mol. The molecule has 0 spiro atoms. The summed E-state index contributed by atoms with van der Waals surface area (Å²) < 4.78 is 54.4.